The summed E-state index contributed by atoms with van der Waals surface area (Å²) in [5.74, 6) is -0.185. The van der Waals surface area contributed by atoms with Gasteiger partial charge in [0.25, 0.3) is 0 Å². The molecule has 7 nitrogen and oxygen atoms in total. The van der Waals surface area contributed by atoms with Crippen molar-refractivity contribution in [2.75, 3.05) is 38.2 Å². The van der Waals surface area contributed by atoms with E-state index in [4.69, 9.17) is 4.74 Å². The fraction of sp³-hybridized carbons (Fsp3) is 0.316. The molecule has 2 aromatic carbocycles. The fourth-order valence-corrected chi connectivity index (χ4v) is 4.18. The highest BCUT2D eigenvalue weighted by atomic mass is 32.2. The zero-order valence-corrected chi connectivity index (χ0v) is 15.7. The molecule has 1 saturated heterocycles. The summed E-state index contributed by atoms with van der Waals surface area (Å²) in [5.41, 5.74) is 1.66. The van der Waals surface area contributed by atoms with E-state index in [9.17, 15) is 13.2 Å². The van der Waals surface area contributed by atoms with Crippen molar-refractivity contribution in [2.24, 2.45) is 0 Å². The van der Waals surface area contributed by atoms with Crippen LogP contribution in [0.4, 0.5) is 5.69 Å². The molecule has 0 atom stereocenters. The van der Waals surface area contributed by atoms with Gasteiger partial charge in [-0.2, -0.15) is 4.31 Å². The summed E-state index contributed by atoms with van der Waals surface area (Å²) in [6.45, 7) is 2.29. The first kappa shape index (κ1) is 19.5. The number of nitrogens with one attached hydrogen (secondary N) is 2. The molecule has 0 aliphatic carbocycles. The van der Waals surface area contributed by atoms with Crippen molar-refractivity contribution in [2.45, 2.75) is 11.4 Å². The predicted molar refractivity (Wildman–Crippen MR) is 103 cm³/mol. The lowest BCUT2D eigenvalue weighted by Gasteiger charge is -2.26. The standard InChI is InChI=1S/C19H23N3O4S/c23-19(15-20-14-16-4-2-1-3-5-16)21-17-6-8-18(9-7-17)27(24,25)22-10-12-26-13-11-22/h1-9,20H,10-15H2,(H,21,23). The molecular weight excluding hydrogens is 366 g/mol. The van der Waals surface area contributed by atoms with Crippen molar-refractivity contribution < 1.29 is 17.9 Å². The molecular formula is C19H23N3O4S. The number of nitrogens with zero attached hydrogens (tertiary/aromatic N) is 1. The van der Waals surface area contributed by atoms with E-state index in [1.54, 1.807) is 12.1 Å². The smallest absolute Gasteiger partial charge is 0.243 e. The van der Waals surface area contributed by atoms with Crippen molar-refractivity contribution in [3.05, 3.63) is 60.2 Å². The Kier molecular flexibility index (Phi) is 6.57. The van der Waals surface area contributed by atoms with Gasteiger partial charge in [0.15, 0.2) is 0 Å². The molecule has 144 valence electrons. The maximum atomic E-state index is 12.6. The van der Waals surface area contributed by atoms with Gasteiger partial charge in [0.05, 0.1) is 24.7 Å². The molecule has 1 aliphatic heterocycles. The van der Waals surface area contributed by atoms with Gasteiger partial charge < -0.3 is 15.4 Å². The van der Waals surface area contributed by atoms with Crippen LogP contribution in [0.25, 0.3) is 0 Å². The lowest BCUT2D eigenvalue weighted by Crippen LogP contribution is -2.40. The average Bonchev–Trinajstić information content (AvgIpc) is 2.70. The Balaban J connectivity index is 1.51. The summed E-state index contributed by atoms with van der Waals surface area (Å²) < 4.78 is 31.7. The Labute approximate surface area is 159 Å². The van der Waals surface area contributed by atoms with Crippen LogP contribution >= 0.6 is 0 Å². The number of anilines is 1. The molecule has 0 unspecified atom stereocenters. The van der Waals surface area contributed by atoms with Gasteiger partial charge in [-0.1, -0.05) is 30.3 Å². The molecule has 0 saturated carbocycles. The number of benzene rings is 2. The maximum absolute atomic E-state index is 12.6. The Hall–Kier alpha value is -2.26. The first-order valence-corrected chi connectivity index (χ1v) is 10.2. The molecule has 0 radical (unpaired) electrons. The first-order chi connectivity index (χ1) is 13.1. The van der Waals surface area contributed by atoms with Gasteiger partial charge in [-0.15, -0.1) is 0 Å². The van der Waals surface area contributed by atoms with Crippen LogP contribution in [0.15, 0.2) is 59.5 Å². The van der Waals surface area contributed by atoms with E-state index in [-0.39, 0.29) is 17.3 Å². The molecule has 0 spiro atoms. The van der Waals surface area contributed by atoms with Crippen LogP contribution < -0.4 is 10.6 Å². The summed E-state index contributed by atoms with van der Waals surface area (Å²) in [6.07, 6.45) is 0. The van der Waals surface area contributed by atoms with Crippen molar-refractivity contribution >= 4 is 21.6 Å². The molecule has 2 N–H and O–H groups in total. The molecule has 0 bridgehead atoms. The van der Waals surface area contributed by atoms with E-state index in [0.29, 0.717) is 38.5 Å². The molecule has 1 aliphatic rings. The number of sulfonamides is 1. The van der Waals surface area contributed by atoms with Gasteiger partial charge in [-0.25, -0.2) is 8.42 Å². The van der Waals surface area contributed by atoms with Gasteiger partial charge in [-0.3, -0.25) is 4.79 Å². The Morgan fingerprint density at radius 3 is 2.33 bits per heavy atom. The van der Waals surface area contributed by atoms with Gasteiger partial charge in [0.1, 0.15) is 0 Å². The number of hydrogen-bond donors (Lipinski definition) is 2. The van der Waals surface area contributed by atoms with Gasteiger partial charge in [-0.05, 0) is 29.8 Å². The quantitative estimate of drug-likeness (QED) is 0.748. The average molecular weight is 389 g/mol. The zero-order chi connectivity index (χ0) is 19.1. The third-order valence-electron chi connectivity index (χ3n) is 4.20. The number of amides is 1. The highest BCUT2D eigenvalue weighted by Crippen LogP contribution is 2.19. The molecule has 8 heteroatoms. The van der Waals surface area contributed by atoms with Crippen LogP contribution in [-0.4, -0.2) is 51.5 Å². The molecule has 1 fully saturated rings. The van der Waals surface area contributed by atoms with Gasteiger partial charge in [0.2, 0.25) is 15.9 Å². The van der Waals surface area contributed by atoms with Crippen molar-refractivity contribution in [1.29, 1.82) is 0 Å². The molecule has 2 aromatic rings. The van der Waals surface area contributed by atoms with Gasteiger partial charge >= 0.3 is 0 Å². The van der Waals surface area contributed by atoms with Crippen LogP contribution in [0.3, 0.4) is 0 Å². The largest absolute Gasteiger partial charge is 0.379 e. The highest BCUT2D eigenvalue weighted by molar-refractivity contribution is 7.89. The van der Waals surface area contributed by atoms with Crippen LogP contribution in [0, 0.1) is 0 Å². The Bertz CT molecular complexity index is 848. The van der Waals surface area contributed by atoms with E-state index in [1.807, 2.05) is 30.3 Å². The van der Waals surface area contributed by atoms with Crippen LogP contribution in [0.5, 0.6) is 0 Å². The number of carbonyl (C=O) groups is 1. The number of morpholine rings is 1. The van der Waals surface area contributed by atoms with E-state index in [1.165, 1.54) is 16.4 Å². The van der Waals surface area contributed by atoms with Crippen molar-refractivity contribution in [3.8, 4) is 0 Å². The second-order valence-corrected chi connectivity index (χ2v) is 8.12. The normalized spacial score (nSPS) is 15.4. The summed E-state index contributed by atoms with van der Waals surface area (Å²) in [7, 11) is -3.52. The highest BCUT2D eigenvalue weighted by Gasteiger charge is 2.26. The Morgan fingerprint density at radius 1 is 1.00 bits per heavy atom. The predicted octanol–water partition coefficient (Wildman–Crippen LogP) is 1.44. The number of hydrogen-bond acceptors (Lipinski definition) is 5. The second kappa shape index (κ2) is 9.09. The van der Waals surface area contributed by atoms with E-state index < -0.39 is 10.0 Å². The third kappa shape index (κ3) is 5.36. The second-order valence-electron chi connectivity index (χ2n) is 6.18. The van der Waals surface area contributed by atoms with E-state index in [2.05, 4.69) is 10.6 Å². The number of carbonyl (C=O) groups excluding carboxylic acids is 1. The van der Waals surface area contributed by atoms with Crippen molar-refractivity contribution in [3.63, 3.8) is 0 Å². The van der Waals surface area contributed by atoms with Crippen LogP contribution in [0.2, 0.25) is 0 Å². The summed E-state index contributed by atoms with van der Waals surface area (Å²) in [4.78, 5) is 12.2. The minimum absolute atomic E-state index is 0.169. The molecule has 1 heterocycles. The number of ether oxygens (including phenoxy) is 1. The molecule has 3 rings (SSSR count). The lowest BCUT2D eigenvalue weighted by atomic mass is 10.2. The Morgan fingerprint density at radius 2 is 1.67 bits per heavy atom. The fourth-order valence-electron chi connectivity index (χ4n) is 2.77. The minimum Gasteiger partial charge on any atom is -0.379 e. The maximum Gasteiger partial charge on any atom is 0.243 e. The molecule has 0 aromatic heterocycles. The topological polar surface area (TPSA) is 87.7 Å². The minimum atomic E-state index is -3.52. The van der Waals surface area contributed by atoms with Gasteiger partial charge in [0, 0.05) is 25.3 Å². The van der Waals surface area contributed by atoms with Crippen LogP contribution in [0.1, 0.15) is 5.56 Å². The third-order valence-corrected chi connectivity index (χ3v) is 6.12. The summed E-state index contributed by atoms with van der Waals surface area (Å²) >= 11 is 0. The lowest BCUT2D eigenvalue weighted by molar-refractivity contribution is -0.115. The first-order valence-electron chi connectivity index (χ1n) is 8.78. The summed E-state index contributed by atoms with van der Waals surface area (Å²) in [5, 5.41) is 5.83. The van der Waals surface area contributed by atoms with Crippen molar-refractivity contribution in [1.82, 2.24) is 9.62 Å². The number of rotatable bonds is 7. The summed E-state index contributed by atoms with van der Waals surface area (Å²) in [6, 6.07) is 16.0. The molecule has 27 heavy (non-hydrogen) atoms. The SMILES string of the molecule is O=C(CNCc1ccccc1)Nc1ccc(S(=O)(=O)N2CCOCC2)cc1. The van der Waals surface area contributed by atoms with Crippen LogP contribution in [-0.2, 0) is 26.1 Å². The van der Waals surface area contributed by atoms with E-state index in [0.717, 1.165) is 5.56 Å². The monoisotopic (exact) mass is 389 g/mol. The molecule has 1 amide bonds. The van der Waals surface area contributed by atoms with E-state index >= 15 is 0 Å². The zero-order valence-electron chi connectivity index (χ0n) is 14.9.